The lowest BCUT2D eigenvalue weighted by molar-refractivity contribution is 0.608. The SMILES string of the molecule is CC(C)CN(CCC(=N)N)c1ccncn1. The number of nitrogens with two attached hydrogens (primary N) is 1. The summed E-state index contributed by atoms with van der Waals surface area (Å²) in [6.07, 6.45) is 3.83. The molecule has 0 atom stereocenters. The molecule has 3 N–H and O–H groups in total. The maximum Gasteiger partial charge on any atom is 0.131 e. The zero-order chi connectivity index (χ0) is 12.0. The largest absolute Gasteiger partial charge is 0.388 e. The van der Waals surface area contributed by atoms with Crippen molar-refractivity contribution in [1.82, 2.24) is 9.97 Å². The highest BCUT2D eigenvalue weighted by molar-refractivity contribution is 5.77. The molecule has 88 valence electrons. The van der Waals surface area contributed by atoms with Crippen LogP contribution in [0.1, 0.15) is 20.3 Å². The number of amidine groups is 1. The second-order valence-corrected chi connectivity index (χ2v) is 4.18. The average molecular weight is 221 g/mol. The number of nitrogens with one attached hydrogen (secondary N) is 1. The number of rotatable bonds is 6. The van der Waals surface area contributed by atoms with Crippen molar-refractivity contribution in [1.29, 1.82) is 5.41 Å². The molecule has 5 heteroatoms. The van der Waals surface area contributed by atoms with Crippen molar-refractivity contribution in [2.24, 2.45) is 11.7 Å². The minimum atomic E-state index is 0.211. The first kappa shape index (κ1) is 12.4. The zero-order valence-corrected chi connectivity index (χ0v) is 9.85. The lowest BCUT2D eigenvalue weighted by Crippen LogP contribution is -2.31. The van der Waals surface area contributed by atoms with Gasteiger partial charge in [0.15, 0.2) is 0 Å². The Kier molecular flexibility index (Phi) is 4.69. The van der Waals surface area contributed by atoms with E-state index in [1.807, 2.05) is 6.07 Å². The molecular weight excluding hydrogens is 202 g/mol. The molecule has 0 aliphatic rings. The maximum atomic E-state index is 7.25. The summed E-state index contributed by atoms with van der Waals surface area (Å²) in [5.41, 5.74) is 5.37. The van der Waals surface area contributed by atoms with Crippen molar-refractivity contribution in [3.8, 4) is 0 Å². The molecule has 0 unspecified atom stereocenters. The standard InChI is InChI=1S/C11H19N5/c1-9(2)7-16(6-4-10(12)13)11-3-5-14-8-15-11/h3,5,8-9H,4,6-7H2,1-2H3,(H3,12,13). The van der Waals surface area contributed by atoms with E-state index in [0.29, 0.717) is 12.3 Å². The highest BCUT2D eigenvalue weighted by Gasteiger charge is 2.09. The molecule has 0 fully saturated rings. The first-order valence-corrected chi connectivity index (χ1v) is 5.43. The fourth-order valence-corrected chi connectivity index (χ4v) is 1.47. The minimum absolute atomic E-state index is 0.211. The summed E-state index contributed by atoms with van der Waals surface area (Å²) >= 11 is 0. The van der Waals surface area contributed by atoms with E-state index in [4.69, 9.17) is 11.1 Å². The molecule has 0 aliphatic carbocycles. The maximum absolute atomic E-state index is 7.25. The highest BCUT2D eigenvalue weighted by atomic mass is 15.2. The van der Waals surface area contributed by atoms with Gasteiger partial charge in [0, 0.05) is 25.7 Å². The Morgan fingerprint density at radius 2 is 2.31 bits per heavy atom. The number of nitrogens with zero attached hydrogens (tertiary/aromatic N) is 3. The third-order valence-electron chi connectivity index (χ3n) is 2.13. The number of aromatic nitrogens is 2. The minimum Gasteiger partial charge on any atom is -0.388 e. The summed E-state index contributed by atoms with van der Waals surface area (Å²) in [7, 11) is 0. The van der Waals surface area contributed by atoms with Crippen molar-refractivity contribution >= 4 is 11.7 Å². The number of anilines is 1. The molecule has 5 nitrogen and oxygen atoms in total. The van der Waals surface area contributed by atoms with Crippen LogP contribution in [0.5, 0.6) is 0 Å². The van der Waals surface area contributed by atoms with Gasteiger partial charge in [-0.25, -0.2) is 9.97 Å². The predicted molar refractivity (Wildman–Crippen MR) is 65.6 cm³/mol. The van der Waals surface area contributed by atoms with Crippen LogP contribution in [0.15, 0.2) is 18.6 Å². The van der Waals surface area contributed by atoms with Crippen molar-refractivity contribution in [2.45, 2.75) is 20.3 Å². The van der Waals surface area contributed by atoms with Crippen LogP contribution in [0.2, 0.25) is 0 Å². The fourth-order valence-electron chi connectivity index (χ4n) is 1.47. The van der Waals surface area contributed by atoms with Gasteiger partial charge in [0.25, 0.3) is 0 Å². The molecule has 0 aliphatic heterocycles. The van der Waals surface area contributed by atoms with Crippen molar-refractivity contribution in [3.63, 3.8) is 0 Å². The lowest BCUT2D eigenvalue weighted by Gasteiger charge is -2.25. The van der Waals surface area contributed by atoms with Gasteiger partial charge < -0.3 is 10.6 Å². The molecule has 1 rings (SSSR count). The summed E-state index contributed by atoms with van der Waals surface area (Å²) in [5, 5.41) is 7.25. The number of hydrogen-bond acceptors (Lipinski definition) is 4. The Bertz CT molecular complexity index is 322. The summed E-state index contributed by atoms with van der Waals surface area (Å²) in [6, 6.07) is 1.88. The van der Waals surface area contributed by atoms with Gasteiger partial charge in [-0.1, -0.05) is 13.8 Å². The van der Waals surface area contributed by atoms with Gasteiger partial charge in [0.05, 0.1) is 5.84 Å². The van der Waals surface area contributed by atoms with Crippen molar-refractivity contribution in [3.05, 3.63) is 18.6 Å². The molecule has 0 saturated heterocycles. The molecule has 0 saturated carbocycles. The predicted octanol–water partition coefficient (Wildman–Crippen LogP) is 1.27. The van der Waals surface area contributed by atoms with Gasteiger partial charge in [-0.3, -0.25) is 5.41 Å². The van der Waals surface area contributed by atoms with Crippen molar-refractivity contribution < 1.29 is 0 Å². The summed E-state index contributed by atoms with van der Waals surface area (Å²) < 4.78 is 0. The zero-order valence-electron chi connectivity index (χ0n) is 9.85. The quantitative estimate of drug-likeness (QED) is 0.560. The van der Waals surface area contributed by atoms with Crippen LogP contribution in [0.25, 0.3) is 0 Å². The van der Waals surface area contributed by atoms with Gasteiger partial charge in [-0.05, 0) is 12.0 Å². The second-order valence-electron chi connectivity index (χ2n) is 4.18. The van der Waals surface area contributed by atoms with Gasteiger partial charge in [-0.2, -0.15) is 0 Å². The summed E-state index contributed by atoms with van der Waals surface area (Å²) in [4.78, 5) is 10.2. The third kappa shape index (κ3) is 4.25. The fraction of sp³-hybridized carbons (Fsp3) is 0.545. The molecule has 16 heavy (non-hydrogen) atoms. The van der Waals surface area contributed by atoms with E-state index < -0.39 is 0 Å². The third-order valence-corrected chi connectivity index (χ3v) is 2.13. The van der Waals surface area contributed by atoms with Gasteiger partial charge in [-0.15, -0.1) is 0 Å². The molecule has 0 bridgehead atoms. The van der Waals surface area contributed by atoms with E-state index in [9.17, 15) is 0 Å². The first-order valence-electron chi connectivity index (χ1n) is 5.43. The van der Waals surface area contributed by atoms with E-state index in [0.717, 1.165) is 18.9 Å². The summed E-state index contributed by atoms with van der Waals surface area (Å²) in [6.45, 7) is 5.94. The molecule has 1 aromatic heterocycles. The monoisotopic (exact) mass is 221 g/mol. The van der Waals surface area contributed by atoms with Crippen LogP contribution < -0.4 is 10.6 Å². The molecule has 1 aromatic rings. The van der Waals surface area contributed by atoms with E-state index >= 15 is 0 Å². The van der Waals surface area contributed by atoms with E-state index in [-0.39, 0.29) is 5.84 Å². The average Bonchev–Trinajstić information content (AvgIpc) is 2.25. The van der Waals surface area contributed by atoms with E-state index in [1.165, 1.54) is 6.33 Å². The molecule has 1 heterocycles. The van der Waals surface area contributed by atoms with Crippen molar-refractivity contribution in [2.75, 3.05) is 18.0 Å². The van der Waals surface area contributed by atoms with Gasteiger partial charge in [0.2, 0.25) is 0 Å². The normalized spacial score (nSPS) is 10.4. The lowest BCUT2D eigenvalue weighted by atomic mass is 10.2. The molecule has 0 aromatic carbocycles. The van der Waals surface area contributed by atoms with Crippen LogP contribution in [-0.4, -0.2) is 28.9 Å². The molecule has 0 amide bonds. The topological polar surface area (TPSA) is 78.9 Å². The smallest absolute Gasteiger partial charge is 0.131 e. The Morgan fingerprint density at radius 3 is 2.81 bits per heavy atom. The van der Waals surface area contributed by atoms with Crippen LogP contribution in [0, 0.1) is 11.3 Å². The van der Waals surface area contributed by atoms with E-state index in [2.05, 4.69) is 28.7 Å². The Balaban J connectivity index is 2.67. The Labute approximate surface area is 96.2 Å². The first-order chi connectivity index (χ1) is 7.59. The molecule has 0 radical (unpaired) electrons. The molecular formula is C11H19N5. The van der Waals surface area contributed by atoms with Crippen LogP contribution in [0.3, 0.4) is 0 Å². The van der Waals surface area contributed by atoms with E-state index in [1.54, 1.807) is 6.20 Å². The summed E-state index contributed by atoms with van der Waals surface area (Å²) in [5.74, 6) is 1.65. The van der Waals surface area contributed by atoms with Crippen LogP contribution in [0.4, 0.5) is 5.82 Å². The van der Waals surface area contributed by atoms with Gasteiger partial charge >= 0.3 is 0 Å². The Morgan fingerprint density at radius 1 is 1.56 bits per heavy atom. The number of hydrogen-bond donors (Lipinski definition) is 2. The highest BCUT2D eigenvalue weighted by Crippen LogP contribution is 2.11. The Hall–Kier alpha value is -1.65. The van der Waals surface area contributed by atoms with Crippen LogP contribution in [-0.2, 0) is 0 Å². The molecule has 0 spiro atoms. The second kappa shape index (κ2) is 6.05. The van der Waals surface area contributed by atoms with Crippen LogP contribution >= 0.6 is 0 Å². The van der Waals surface area contributed by atoms with Gasteiger partial charge in [0.1, 0.15) is 12.1 Å².